The van der Waals surface area contributed by atoms with Crippen LogP contribution in [0.2, 0.25) is 5.02 Å². The van der Waals surface area contributed by atoms with Gasteiger partial charge in [0.1, 0.15) is 36.0 Å². The number of aliphatic hydroxyl groups is 2. The molecule has 0 spiro atoms. The zero-order chi connectivity index (χ0) is 30.0. The average Bonchev–Trinajstić information content (AvgIpc) is 3.51. The Bertz CT molecular complexity index is 1730. The summed E-state index contributed by atoms with van der Waals surface area (Å²) in [5.74, 6) is 0.469. The van der Waals surface area contributed by atoms with Crippen LogP contribution in [-0.4, -0.2) is 54.2 Å². The molecule has 0 saturated heterocycles. The van der Waals surface area contributed by atoms with E-state index in [-0.39, 0.29) is 24.1 Å². The highest BCUT2D eigenvalue weighted by molar-refractivity contribution is 14.1. The molecule has 5 N–H and O–H groups in total. The minimum Gasteiger partial charge on any atom is -0.493 e. The second-order valence-corrected chi connectivity index (χ2v) is 11.7. The summed E-state index contributed by atoms with van der Waals surface area (Å²) < 4.78 is 7.81. The lowest BCUT2D eigenvalue weighted by Crippen LogP contribution is -2.27. The van der Waals surface area contributed by atoms with E-state index in [1.54, 1.807) is 24.3 Å². The van der Waals surface area contributed by atoms with Gasteiger partial charge in [-0.05, 0) is 71.5 Å². The third-order valence-corrected chi connectivity index (χ3v) is 8.13. The number of rotatable bonds is 10. The Kier molecular flexibility index (Phi) is 9.07. The summed E-state index contributed by atoms with van der Waals surface area (Å²) in [7, 11) is 0. The van der Waals surface area contributed by atoms with Gasteiger partial charge in [-0.3, -0.25) is 4.57 Å². The van der Waals surface area contributed by atoms with Gasteiger partial charge in [0.05, 0.1) is 17.3 Å². The van der Waals surface area contributed by atoms with Crippen LogP contribution in [0, 0.1) is 10.5 Å². The molecule has 0 fully saturated rings. The lowest BCUT2D eigenvalue weighted by molar-refractivity contribution is 0.0536. The number of halogens is 2. The summed E-state index contributed by atoms with van der Waals surface area (Å²) in [6, 6.07) is 21.5. The van der Waals surface area contributed by atoms with Crippen LogP contribution in [0.15, 0.2) is 77.6 Å². The Morgan fingerprint density at radius 3 is 2.45 bits per heavy atom. The molecule has 218 valence electrons. The Morgan fingerprint density at radius 1 is 1.07 bits per heavy atom. The van der Waals surface area contributed by atoms with Gasteiger partial charge in [0.15, 0.2) is 0 Å². The normalized spacial score (nSPS) is 13.6. The van der Waals surface area contributed by atoms with Gasteiger partial charge >= 0.3 is 5.69 Å². The molecule has 0 bridgehead atoms. The van der Waals surface area contributed by atoms with Gasteiger partial charge in [-0.1, -0.05) is 54.9 Å². The number of nitrogens with zero attached hydrogens (tertiary/aromatic N) is 2. The summed E-state index contributed by atoms with van der Waals surface area (Å²) in [6.07, 6.45) is -0.991. The number of benzene rings is 3. The summed E-state index contributed by atoms with van der Waals surface area (Å²) in [5, 5.41) is 30.6. The molecule has 11 heteroatoms. The van der Waals surface area contributed by atoms with Crippen LogP contribution < -0.4 is 10.4 Å². The molecule has 0 amide bonds. The van der Waals surface area contributed by atoms with E-state index >= 15 is 0 Å². The lowest BCUT2D eigenvalue weighted by atomic mass is 9.92. The van der Waals surface area contributed by atoms with Crippen LogP contribution in [0.3, 0.4) is 0 Å². The standard InChI is InChI=1S/C31H30ClIN4O5/c1-17(19-6-4-3-5-7-19)28(29-34-18(2)26(35-29)24-13-10-21(33)14-25(24)32)37-30(40)27(36-31(37)41)20-8-11-23(12-9-20)42-16-22(39)15-38/h3-14,17,22,28,38-40H,15-16H2,1-2H3,(H,34,35)(H,36,41)/t17-,22+,28-/m0/s1. The topological polar surface area (TPSA) is 136 Å². The van der Waals surface area contributed by atoms with Gasteiger partial charge in [0.2, 0.25) is 5.88 Å². The fourth-order valence-corrected chi connectivity index (χ4v) is 5.90. The van der Waals surface area contributed by atoms with E-state index in [0.29, 0.717) is 27.9 Å². The molecule has 3 aromatic carbocycles. The number of nitrogens with one attached hydrogen (secondary N) is 2. The van der Waals surface area contributed by atoms with Crippen LogP contribution in [0.5, 0.6) is 11.6 Å². The molecular weight excluding hydrogens is 671 g/mol. The number of ether oxygens (including phenoxy) is 1. The maximum atomic E-state index is 13.5. The van der Waals surface area contributed by atoms with Crippen molar-refractivity contribution in [2.24, 2.45) is 0 Å². The zero-order valence-electron chi connectivity index (χ0n) is 22.9. The van der Waals surface area contributed by atoms with Gasteiger partial charge < -0.3 is 30.0 Å². The third kappa shape index (κ3) is 6.12. The molecule has 0 aliphatic carbocycles. The monoisotopic (exact) mass is 700 g/mol. The number of aromatic hydroxyl groups is 1. The molecule has 42 heavy (non-hydrogen) atoms. The minimum atomic E-state index is -0.991. The van der Waals surface area contributed by atoms with Crippen molar-refractivity contribution in [2.45, 2.75) is 31.9 Å². The summed E-state index contributed by atoms with van der Waals surface area (Å²) >= 11 is 8.79. The molecule has 0 radical (unpaired) electrons. The van der Waals surface area contributed by atoms with Crippen LogP contribution in [0.4, 0.5) is 0 Å². The first-order chi connectivity index (χ1) is 20.2. The smallest absolute Gasteiger partial charge is 0.329 e. The lowest BCUT2D eigenvalue weighted by Gasteiger charge is -2.24. The maximum Gasteiger partial charge on any atom is 0.329 e. The van der Waals surface area contributed by atoms with E-state index in [4.69, 9.17) is 26.4 Å². The van der Waals surface area contributed by atoms with Crippen molar-refractivity contribution in [1.82, 2.24) is 19.5 Å². The van der Waals surface area contributed by atoms with E-state index in [9.17, 15) is 15.0 Å². The van der Waals surface area contributed by atoms with Crippen molar-refractivity contribution < 1.29 is 20.1 Å². The molecule has 0 unspecified atom stereocenters. The van der Waals surface area contributed by atoms with Gasteiger partial charge in [-0.25, -0.2) is 9.78 Å². The largest absolute Gasteiger partial charge is 0.493 e. The van der Waals surface area contributed by atoms with Gasteiger partial charge in [0, 0.05) is 26.3 Å². The SMILES string of the molecule is Cc1[nH]c([C@H]([C@@H](C)c2ccccc2)n2c(O)c(-c3ccc(OC[C@H](O)CO)cc3)[nH]c2=O)nc1-c1ccc(I)cc1Cl. The van der Waals surface area contributed by atoms with Crippen molar-refractivity contribution in [3.63, 3.8) is 0 Å². The summed E-state index contributed by atoms with van der Waals surface area (Å²) in [5.41, 5.74) is 3.49. The van der Waals surface area contributed by atoms with Crippen LogP contribution in [0.1, 0.15) is 36.0 Å². The molecular formula is C31H30ClIN4O5. The summed E-state index contributed by atoms with van der Waals surface area (Å²) in [6.45, 7) is 3.42. The molecule has 9 nitrogen and oxygen atoms in total. The fraction of sp³-hybridized carbons (Fsp3) is 0.226. The Balaban J connectivity index is 1.58. The molecule has 5 aromatic rings. The van der Waals surface area contributed by atoms with Gasteiger partial charge in [0.25, 0.3) is 0 Å². The fourth-order valence-electron chi connectivity index (χ4n) is 4.95. The number of aromatic amines is 2. The number of hydrogen-bond donors (Lipinski definition) is 5. The Hall–Kier alpha value is -3.58. The van der Waals surface area contributed by atoms with Crippen LogP contribution in [-0.2, 0) is 0 Å². The van der Waals surface area contributed by atoms with Crippen LogP contribution >= 0.6 is 34.2 Å². The number of imidazole rings is 2. The molecule has 2 heterocycles. The van der Waals surface area contributed by atoms with Gasteiger partial charge in [-0.2, -0.15) is 0 Å². The quantitative estimate of drug-likeness (QED) is 0.120. The highest BCUT2D eigenvalue weighted by atomic mass is 127. The van der Waals surface area contributed by atoms with Crippen molar-refractivity contribution in [1.29, 1.82) is 0 Å². The summed E-state index contributed by atoms with van der Waals surface area (Å²) in [4.78, 5) is 24.6. The Labute approximate surface area is 261 Å². The van der Waals surface area contributed by atoms with E-state index in [1.807, 2.05) is 62.4 Å². The first-order valence-electron chi connectivity index (χ1n) is 13.3. The predicted molar refractivity (Wildman–Crippen MR) is 170 cm³/mol. The van der Waals surface area contributed by atoms with Crippen molar-refractivity contribution >= 4 is 34.2 Å². The predicted octanol–water partition coefficient (Wildman–Crippen LogP) is 5.63. The first kappa shape index (κ1) is 29.9. The molecule has 2 aromatic heterocycles. The number of aliphatic hydroxyl groups excluding tert-OH is 2. The second-order valence-electron chi connectivity index (χ2n) is 10.0. The number of aryl methyl sites for hydroxylation is 1. The average molecular weight is 701 g/mol. The van der Waals surface area contributed by atoms with Crippen molar-refractivity contribution in [3.8, 4) is 34.1 Å². The highest BCUT2D eigenvalue weighted by Crippen LogP contribution is 2.39. The van der Waals surface area contributed by atoms with E-state index in [2.05, 4.69) is 32.6 Å². The first-order valence-corrected chi connectivity index (χ1v) is 14.8. The Morgan fingerprint density at radius 2 is 1.79 bits per heavy atom. The zero-order valence-corrected chi connectivity index (χ0v) is 25.8. The van der Waals surface area contributed by atoms with E-state index in [0.717, 1.165) is 20.4 Å². The number of H-pyrrole nitrogens is 2. The molecule has 0 aliphatic rings. The van der Waals surface area contributed by atoms with Crippen LogP contribution in [0.25, 0.3) is 22.5 Å². The van der Waals surface area contributed by atoms with Crippen molar-refractivity contribution in [2.75, 3.05) is 13.2 Å². The van der Waals surface area contributed by atoms with Gasteiger partial charge in [-0.15, -0.1) is 0 Å². The second kappa shape index (κ2) is 12.7. The van der Waals surface area contributed by atoms with Crippen molar-refractivity contribution in [3.05, 3.63) is 109 Å². The molecule has 5 rings (SSSR count). The number of hydrogen-bond acceptors (Lipinski definition) is 6. The minimum absolute atomic E-state index is 0.0641. The molecule has 0 aliphatic heterocycles. The molecule has 0 saturated carbocycles. The highest BCUT2D eigenvalue weighted by Gasteiger charge is 2.32. The van der Waals surface area contributed by atoms with E-state index < -0.39 is 24.4 Å². The maximum absolute atomic E-state index is 13.5. The number of aromatic nitrogens is 4. The molecule has 3 atom stereocenters. The van der Waals surface area contributed by atoms with E-state index in [1.165, 1.54) is 4.57 Å². The third-order valence-electron chi connectivity index (χ3n) is 7.15.